The highest BCUT2D eigenvalue weighted by molar-refractivity contribution is 8.05. The van der Waals surface area contributed by atoms with E-state index in [0.29, 0.717) is 18.1 Å². The standard InChI is InChI=1S/C8H7N3OS3/c9-4-14-7-2-10-8(15-7)11-3-5(13)1-6(11)12/h2,5,13H,1,3H2. The molecule has 0 aliphatic carbocycles. The van der Waals surface area contributed by atoms with Crippen LogP contribution in [0.3, 0.4) is 0 Å². The average Bonchev–Trinajstić information content (AvgIpc) is 2.73. The molecule has 1 aromatic heterocycles. The van der Waals surface area contributed by atoms with Crippen LogP contribution in [0.5, 0.6) is 0 Å². The van der Waals surface area contributed by atoms with Crippen LogP contribution in [0, 0.1) is 10.7 Å². The Morgan fingerprint density at radius 3 is 3.20 bits per heavy atom. The molecule has 0 bridgehead atoms. The van der Waals surface area contributed by atoms with Gasteiger partial charge in [-0.25, -0.2) is 4.98 Å². The molecule has 7 heteroatoms. The number of carbonyl (C=O) groups is 1. The molecular weight excluding hydrogens is 250 g/mol. The number of carbonyl (C=O) groups excluding carboxylic acids is 1. The molecule has 1 aliphatic heterocycles. The van der Waals surface area contributed by atoms with Crippen LogP contribution in [0.25, 0.3) is 0 Å². The summed E-state index contributed by atoms with van der Waals surface area (Å²) >= 11 is 6.69. The van der Waals surface area contributed by atoms with Gasteiger partial charge in [-0.3, -0.25) is 9.69 Å². The summed E-state index contributed by atoms with van der Waals surface area (Å²) in [6, 6.07) is 0. The van der Waals surface area contributed by atoms with Gasteiger partial charge < -0.3 is 0 Å². The van der Waals surface area contributed by atoms with E-state index in [1.807, 2.05) is 5.40 Å². The topological polar surface area (TPSA) is 57.0 Å². The monoisotopic (exact) mass is 257 g/mol. The van der Waals surface area contributed by atoms with E-state index in [1.165, 1.54) is 11.3 Å². The van der Waals surface area contributed by atoms with Crippen molar-refractivity contribution in [2.75, 3.05) is 11.4 Å². The van der Waals surface area contributed by atoms with Crippen molar-refractivity contribution >= 4 is 46.8 Å². The van der Waals surface area contributed by atoms with E-state index in [-0.39, 0.29) is 11.2 Å². The normalized spacial score (nSPS) is 20.7. The Bertz CT molecular complexity index is 425. The molecule has 2 heterocycles. The van der Waals surface area contributed by atoms with Gasteiger partial charge in [-0.1, -0.05) is 11.3 Å². The van der Waals surface area contributed by atoms with Gasteiger partial charge >= 0.3 is 0 Å². The lowest BCUT2D eigenvalue weighted by Crippen LogP contribution is -2.24. The number of rotatable bonds is 2. The molecule has 1 unspecified atom stereocenters. The fourth-order valence-corrected chi connectivity index (χ4v) is 3.04. The van der Waals surface area contributed by atoms with Gasteiger partial charge in [0.25, 0.3) is 0 Å². The maximum absolute atomic E-state index is 11.5. The maximum Gasteiger partial charge on any atom is 0.229 e. The molecule has 15 heavy (non-hydrogen) atoms. The molecule has 0 N–H and O–H groups in total. The van der Waals surface area contributed by atoms with Crippen LogP contribution >= 0.6 is 35.7 Å². The molecule has 0 spiro atoms. The molecule has 0 aromatic carbocycles. The Morgan fingerprint density at radius 2 is 2.60 bits per heavy atom. The van der Waals surface area contributed by atoms with Crippen molar-refractivity contribution < 1.29 is 4.79 Å². The third kappa shape index (κ3) is 2.27. The third-order valence-corrected chi connectivity index (χ3v) is 4.01. The van der Waals surface area contributed by atoms with Gasteiger partial charge in [-0.2, -0.15) is 17.9 Å². The summed E-state index contributed by atoms with van der Waals surface area (Å²) in [7, 11) is 0. The first-order chi connectivity index (χ1) is 7.20. The van der Waals surface area contributed by atoms with Crippen LogP contribution in [-0.4, -0.2) is 22.7 Å². The molecule has 0 radical (unpaired) electrons. The minimum absolute atomic E-state index is 0.0536. The quantitative estimate of drug-likeness (QED) is 0.498. The predicted molar refractivity (Wildman–Crippen MR) is 63.3 cm³/mol. The number of anilines is 1. The van der Waals surface area contributed by atoms with Gasteiger partial charge in [0.15, 0.2) is 5.13 Å². The summed E-state index contributed by atoms with van der Waals surface area (Å²) in [6.45, 7) is 0.603. The smallest absolute Gasteiger partial charge is 0.229 e. The van der Waals surface area contributed by atoms with E-state index in [4.69, 9.17) is 5.26 Å². The van der Waals surface area contributed by atoms with Crippen LogP contribution in [0.1, 0.15) is 6.42 Å². The Morgan fingerprint density at radius 1 is 1.80 bits per heavy atom. The van der Waals surface area contributed by atoms with Crippen molar-refractivity contribution in [2.45, 2.75) is 15.9 Å². The number of thiocyanates is 1. The number of aromatic nitrogens is 1. The average molecular weight is 257 g/mol. The summed E-state index contributed by atoms with van der Waals surface area (Å²) < 4.78 is 0.808. The van der Waals surface area contributed by atoms with E-state index < -0.39 is 0 Å². The molecule has 1 fully saturated rings. The zero-order chi connectivity index (χ0) is 10.8. The van der Waals surface area contributed by atoms with Gasteiger partial charge in [0.2, 0.25) is 5.91 Å². The van der Waals surface area contributed by atoms with Crippen LogP contribution in [0.4, 0.5) is 5.13 Å². The fourth-order valence-electron chi connectivity index (χ4n) is 1.34. The minimum Gasteiger partial charge on any atom is -0.287 e. The van der Waals surface area contributed by atoms with Crippen molar-refractivity contribution in [3.63, 3.8) is 0 Å². The second kappa shape index (κ2) is 4.43. The van der Waals surface area contributed by atoms with Crippen molar-refractivity contribution in [2.24, 2.45) is 0 Å². The molecule has 1 aromatic rings. The first-order valence-corrected chi connectivity index (χ1v) is 6.36. The SMILES string of the molecule is N#CSc1cnc(N2CC(S)CC2=O)s1. The fraction of sp³-hybridized carbons (Fsp3) is 0.375. The van der Waals surface area contributed by atoms with E-state index in [9.17, 15) is 4.79 Å². The van der Waals surface area contributed by atoms with Crippen LogP contribution < -0.4 is 4.90 Å². The summed E-state index contributed by atoms with van der Waals surface area (Å²) in [4.78, 5) is 17.3. The van der Waals surface area contributed by atoms with E-state index in [2.05, 4.69) is 17.6 Å². The van der Waals surface area contributed by atoms with E-state index in [1.54, 1.807) is 11.1 Å². The van der Waals surface area contributed by atoms with E-state index >= 15 is 0 Å². The lowest BCUT2D eigenvalue weighted by Gasteiger charge is -2.10. The number of nitrogens with zero attached hydrogens (tertiary/aromatic N) is 3. The zero-order valence-corrected chi connectivity index (χ0v) is 10.1. The third-order valence-electron chi connectivity index (χ3n) is 1.95. The number of amides is 1. The molecule has 78 valence electrons. The summed E-state index contributed by atoms with van der Waals surface area (Å²) in [6.07, 6.45) is 2.08. The Labute approximate surface area is 101 Å². The number of hydrogen-bond donors (Lipinski definition) is 1. The summed E-state index contributed by atoms with van der Waals surface area (Å²) in [5.74, 6) is 0.0536. The number of thiazole rings is 1. The molecule has 1 saturated heterocycles. The Hall–Kier alpha value is -0.710. The first-order valence-electron chi connectivity index (χ1n) is 4.21. The number of thiol groups is 1. The van der Waals surface area contributed by atoms with Crippen LogP contribution in [-0.2, 0) is 4.79 Å². The van der Waals surface area contributed by atoms with Gasteiger partial charge in [0.05, 0.1) is 10.4 Å². The largest absolute Gasteiger partial charge is 0.287 e. The molecular formula is C8H7N3OS3. The maximum atomic E-state index is 11.5. The highest BCUT2D eigenvalue weighted by atomic mass is 32.2. The Balaban J connectivity index is 2.16. The number of thioether (sulfide) groups is 1. The second-order valence-electron chi connectivity index (χ2n) is 3.02. The lowest BCUT2D eigenvalue weighted by molar-refractivity contribution is -0.117. The molecule has 2 rings (SSSR count). The lowest BCUT2D eigenvalue weighted by atomic mass is 10.4. The summed E-state index contributed by atoms with van der Waals surface area (Å²) in [5.41, 5.74) is 0. The van der Waals surface area contributed by atoms with Gasteiger partial charge in [0, 0.05) is 30.0 Å². The van der Waals surface area contributed by atoms with Crippen molar-refractivity contribution in [1.29, 1.82) is 5.26 Å². The molecule has 1 amide bonds. The predicted octanol–water partition coefficient (Wildman–Crippen LogP) is 1.75. The summed E-state index contributed by atoms with van der Waals surface area (Å²) in [5, 5.41) is 11.2. The van der Waals surface area contributed by atoms with Crippen molar-refractivity contribution in [3.8, 4) is 5.40 Å². The van der Waals surface area contributed by atoms with Crippen LogP contribution in [0.15, 0.2) is 10.4 Å². The molecule has 1 aliphatic rings. The zero-order valence-electron chi connectivity index (χ0n) is 7.58. The Kier molecular flexibility index (Phi) is 3.19. The first kappa shape index (κ1) is 10.8. The molecule has 0 saturated carbocycles. The van der Waals surface area contributed by atoms with Crippen LogP contribution in [0.2, 0.25) is 0 Å². The highest BCUT2D eigenvalue weighted by Crippen LogP contribution is 2.32. The van der Waals surface area contributed by atoms with E-state index in [0.717, 1.165) is 16.0 Å². The minimum atomic E-state index is 0.0536. The number of nitriles is 1. The number of hydrogen-bond acceptors (Lipinski definition) is 6. The molecule has 1 atom stereocenters. The highest BCUT2D eigenvalue weighted by Gasteiger charge is 2.30. The van der Waals surface area contributed by atoms with Gasteiger partial charge in [-0.05, 0) is 0 Å². The van der Waals surface area contributed by atoms with Gasteiger partial charge in [-0.15, -0.1) is 0 Å². The van der Waals surface area contributed by atoms with Crippen molar-refractivity contribution in [3.05, 3.63) is 6.20 Å². The van der Waals surface area contributed by atoms with Gasteiger partial charge in [0.1, 0.15) is 5.40 Å². The second-order valence-corrected chi connectivity index (χ2v) is 5.84. The van der Waals surface area contributed by atoms with Crippen molar-refractivity contribution in [1.82, 2.24) is 4.98 Å². The molecule has 4 nitrogen and oxygen atoms in total.